The molecule has 84 valence electrons. The molecule has 0 aliphatic carbocycles. The van der Waals surface area contributed by atoms with E-state index in [1.807, 2.05) is 0 Å². The van der Waals surface area contributed by atoms with Gasteiger partial charge in [-0.2, -0.15) is 0 Å². The Labute approximate surface area is 100 Å². The monoisotopic (exact) mass is 236 g/mol. The third kappa shape index (κ3) is 3.18. The summed E-state index contributed by atoms with van der Waals surface area (Å²) in [5.41, 5.74) is 0.686. The van der Waals surface area contributed by atoms with E-state index in [1.54, 1.807) is 38.2 Å². The van der Waals surface area contributed by atoms with Gasteiger partial charge in [0.05, 0.1) is 6.04 Å². The van der Waals surface area contributed by atoms with Gasteiger partial charge in [-0.15, -0.1) is 6.42 Å². The Kier molecular flexibility index (Phi) is 4.21. The van der Waals surface area contributed by atoms with Gasteiger partial charge < -0.3 is 10.2 Å². The van der Waals surface area contributed by atoms with E-state index in [0.717, 1.165) is 0 Å². The number of nitrogens with zero attached hydrogens (tertiary/aromatic N) is 1. The van der Waals surface area contributed by atoms with Crippen LogP contribution in [0.5, 0.6) is 0 Å². The molecule has 0 radical (unpaired) electrons. The zero-order chi connectivity index (χ0) is 12.1. The van der Waals surface area contributed by atoms with E-state index >= 15 is 0 Å². The number of carbonyl (C=O) groups excluding carboxylic acids is 1. The lowest BCUT2D eigenvalue weighted by Gasteiger charge is -2.21. The molecule has 1 rings (SSSR count). The van der Waals surface area contributed by atoms with Crippen LogP contribution in [0.25, 0.3) is 0 Å². The second kappa shape index (κ2) is 5.43. The molecule has 1 aromatic carbocycles. The molecule has 0 bridgehead atoms. The predicted molar refractivity (Wildman–Crippen MR) is 66.5 cm³/mol. The number of halogens is 1. The molecule has 16 heavy (non-hydrogen) atoms. The van der Waals surface area contributed by atoms with Crippen LogP contribution in [0.15, 0.2) is 24.3 Å². The van der Waals surface area contributed by atoms with Crippen LogP contribution in [0, 0.1) is 12.3 Å². The molecule has 2 amide bonds. The van der Waals surface area contributed by atoms with E-state index in [-0.39, 0.29) is 12.1 Å². The highest BCUT2D eigenvalue weighted by Crippen LogP contribution is 2.13. The number of nitrogens with one attached hydrogen (secondary N) is 1. The number of amides is 2. The minimum absolute atomic E-state index is 0.243. The maximum absolute atomic E-state index is 11.7. The zero-order valence-electron chi connectivity index (χ0n) is 9.20. The second-order valence-corrected chi connectivity index (χ2v) is 3.83. The van der Waals surface area contributed by atoms with Gasteiger partial charge >= 0.3 is 6.03 Å². The number of benzene rings is 1. The standard InChI is InChI=1S/C12H13ClN2O/c1-4-9(2)15(3)12(16)14-11-7-5-10(13)6-8-11/h1,5-9H,2-3H3,(H,14,16)/t9-/m1/s1. The van der Waals surface area contributed by atoms with Gasteiger partial charge in [0, 0.05) is 17.8 Å². The number of terminal acetylenes is 1. The molecule has 0 saturated carbocycles. The highest BCUT2D eigenvalue weighted by Gasteiger charge is 2.13. The lowest BCUT2D eigenvalue weighted by Crippen LogP contribution is -2.37. The van der Waals surface area contributed by atoms with Crippen molar-refractivity contribution in [1.82, 2.24) is 4.90 Å². The zero-order valence-corrected chi connectivity index (χ0v) is 9.95. The Morgan fingerprint density at radius 3 is 2.56 bits per heavy atom. The predicted octanol–water partition coefficient (Wildman–Crippen LogP) is 2.83. The van der Waals surface area contributed by atoms with Crippen LogP contribution in [0.2, 0.25) is 5.02 Å². The number of rotatable bonds is 2. The molecule has 1 N–H and O–H groups in total. The summed E-state index contributed by atoms with van der Waals surface area (Å²) in [5, 5.41) is 3.35. The van der Waals surface area contributed by atoms with Crippen molar-refractivity contribution in [1.29, 1.82) is 0 Å². The smallest absolute Gasteiger partial charge is 0.314 e. The number of hydrogen-bond acceptors (Lipinski definition) is 1. The van der Waals surface area contributed by atoms with Crippen molar-refractivity contribution in [2.24, 2.45) is 0 Å². The molecule has 0 heterocycles. The van der Waals surface area contributed by atoms with Crippen molar-refractivity contribution < 1.29 is 4.79 Å². The van der Waals surface area contributed by atoms with E-state index in [2.05, 4.69) is 11.2 Å². The second-order valence-electron chi connectivity index (χ2n) is 3.39. The van der Waals surface area contributed by atoms with Crippen LogP contribution in [0.4, 0.5) is 10.5 Å². The van der Waals surface area contributed by atoms with Gasteiger partial charge in [-0.05, 0) is 31.2 Å². The maximum Gasteiger partial charge on any atom is 0.322 e. The van der Waals surface area contributed by atoms with Gasteiger partial charge in [-0.3, -0.25) is 0 Å². The molecule has 3 nitrogen and oxygen atoms in total. The fraction of sp³-hybridized carbons (Fsp3) is 0.250. The first kappa shape index (κ1) is 12.4. The van der Waals surface area contributed by atoms with Crippen LogP contribution < -0.4 is 5.32 Å². The van der Waals surface area contributed by atoms with Crippen molar-refractivity contribution in [3.63, 3.8) is 0 Å². The minimum Gasteiger partial charge on any atom is -0.314 e. The molecule has 1 atom stereocenters. The molecule has 0 aromatic heterocycles. The highest BCUT2D eigenvalue weighted by molar-refractivity contribution is 6.30. The Balaban J connectivity index is 2.65. The Morgan fingerprint density at radius 1 is 1.50 bits per heavy atom. The summed E-state index contributed by atoms with van der Waals surface area (Å²) in [6.45, 7) is 1.78. The van der Waals surface area contributed by atoms with Crippen LogP contribution in [0.1, 0.15) is 6.92 Å². The maximum atomic E-state index is 11.7. The SMILES string of the molecule is C#C[C@@H](C)N(C)C(=O)Nc1ccc(Cl)cc1. The fourth-order valence-corrected chi connectivity index (χ4v) is 1.16. The Morgan fingerprint density at radius 2 is 2.06 bits per heavy atom. The normalized spacial score (nSPS) is 11.4. The van der Waals surface area contributed by atoms with Crippen LogP contribution in [0.3, 0.4) is 0 Å². The Hall–Kier alpha value is -1.66. The van der Waals surface area contributed by atoms with Crippen molar-refractivity contribution in [2.45, 2.75) is 13.0 Å². The number of hydrogen-bond donors (Lipinski definition) is 1. The molecular formula is C12H13ClN2O. The van der Waals surface area contributed by atoms with Gasteiger partial charge in [-0.25, -0.2) is 4.79 Å². The summed E-state index contributed by atoms with van der Waals surface area (Å²) in [6, 6.07) is 6.40. The fourth-order valence-electron chi connectivity index (χ4n) is 1.03. The molecule has 4 heteroatoms. The van der Waals surface area contributed by atoms with Gasteiger partial charge in [0.2, 0.25) is 0 Å². The van der Waals surface area contributed by atoms with E-state index in [0.29, 0.717) is 10.7 Å². The molecular weight excluding hydrogens is 224 g/mol. The van der Waals surface area contributed by atoms with Gasteiger partial charge in [0.1, 0.15) is 0 Å². The summed E-state index contributed by atoms with van der Waals surface area (Å²) in [4.78, 5) is 13.1. The molecule has 0 aliphatic rings. The van der Waals surface area contributed by atoms with Crippen LogP contribution >= 0.6 is 11.6 Å². The average Bonchev–Trinajstić information content (AvgIpc) is 2.30. The molecule has 0 spiro atoms. The summed E-state index contributed by atoms with van der Waals surface area (Å²) < 4.78 is 0. The quantitative estimate of drug-likeness (QED) is 0.787. The molecule has 0 fully saturated rings. The van der Waals surface area contributed by atoms with Crippen molar-refractivity contribution in [2.75, 3.05) is 12.4 Å². The summed E-state index contributed by atoms with van der Waals surface area (Å²) in [5.74, 6) is 2.48. The largest absolute Gasteiger partial charge is 0.322 e. The summed E-state index contributed by atoms with van der Waals surface area (Å²) in [6.07, 6.45) is 5.23. The molecule has 0 unspecified atom stereocenters. The average molecular weight is 237 g/mol. The Bertz CT molecular complexity index is 408. The van der Waals surface area contributed by atoms with E-state index in [1.165, 1.54) is 4.90 Å². The van der Waals surface area contributed by atoms with E-state index in [4.69, 9.17) is 18.0 Å². The lowest BCUT2D eigenvalue weighted by molar-refractivity contribution is 0.217. The highest BCUT2D eigenvalue weighted by atomic mass is 35.5. The third-order valence-corrected chi connectivity index (χ3v) is 2.49. The van der Waals surface area contributed by atoms with E-state index in [9.17, 15) is 4.79 Å². The van der Waals surface area contributed by atoms with Crippen molar-refractivity contribution in [3.8, 4) is 12.3 Å². The third-order valence-electron chi connectivity index (χ3n) is 2.24. The minimum atomic E-state index is -0.243. The summed E-state index contributed by atoms with van der Waals surface area (Å²) in [7, 11) is 1.65. The number of anilines is 1. The number of urea groups is 1. The topological polar surface area (TPSA) is 32.3 Å². The first-order valence-electron chi connectivity index (χ1n) is 4.80. The molecule has 0 aliphatic heterocycles. The van der Waals surface area contributed by atoms with Crippen molar-refractivity contribution >= 4 is 23.3 Å². The lowest BCUT2D eigenvalue weighted by atomic mass is 10.3. The van der Waals surface area contributed by atoms with Gasteiger partial charge in [-0.1, -0.05) is 17.5 Å². The van der Waals surface area contributed by atoms with Crippen LogP contribution in [-0.2, 0) is 0 Å². The summed E-state index contributed by atoms with van der Waals surface area (Å²) >= 11 is 5.73. The molecule has 1 aromatic rings. The number of carbonyl (C=O) groups is 1. The molecule has 0 saturated heterocycles. The van der Waals surface area contributed by atoms with Gasteiger partial charge in [0.15, 0.2) is 0 Å². The van der Waals surface area contributed by atoms with Gasteiger partial charge in [0.25, 0.3) is 0 Å². The van der Waals surface area contributed by atoms with Crippen molar-refractivity contribution in [3.05, 3.63) is 29.3 Å². The first-order chi connectivity index (χ1) is 7.54. The first-order valence-corrected chi connectivity index (χ1v) is 5.18. The van der Waals surface area contributed by atoms with Crippen LogP contribution in [-0.4, -0.2) is 24.0 Å². The van der Waals surface area contributed by atoms with E-state index < -0.39 is 0 Å².